The van der Waals surface area contributed by atoms with E-state index in [9.17, 15) is 9.59 Å². The molecule has 0 saturated heterocycles. The first-order valence-electron chi connectivity index (χ1n) is 7.39. The molecule has 0 aromatic heterocycles. The molecule has 0 bridgehead atoms. The number of anilines is 1. The van der Waals surface area contributed by atoms with Gasteiger partial charge in [0.15, 0.2) is 6.61 Å². The molecule has 128 valence electrons. The van der Waals surface area contributed by atoms with E-state index in [-0.39, 0.29) is 12.4 Å². The van der Waals surface area contributed by atoms with Crippen LogP contribution in [0.15, 0.2) is 53.4 Å². The van der Waals surface area contributed by atoms with Crippen LogP contribution in [0.25, 0.3) is 0 Å². The Morgan fingerprint density at radius 1 is 1.16 bits per heavy atom. The molecule has 2 aromatic carbocycles. The van der Waals surface area contributed by atoms with Crippen LogP contribution in [0.5, 0.6) is 0 Å². The summed E-state index contributed by atoms with van der Waals surface area (Å²) in [4.78, 5) is 24.7. The first-order valence-corrected chi connectivity index (χ1v) is 8.38. The molecule has 25 heavy (non-hydrogen) atoms. The molecule has 0 unspecified atom stereocenters. The Morgan fingerprint density at radius 2 is 1.88 bits per heavy atom. The quantitative estimate of drug-likeness (QED) is 0.584. The summed E-state index contributed by atoms with van der Waals surface area (Å²) in [5.41, 5.74) is 1.55. The summed E-state index contributed by atoms with van der Waals surface area (Å²) in [7, 11) is 0. The standard InChI is InChI=1S/C18H16N2O4S/c19-9-10-25-16-4-2-1-3-15(16)20-17(22)12-24-18(23)14-7-5-13(11-21)6-8-14/h1-8,21H,10-12H2,(H,20,22). The molecule has 0 radical (unpaired) electrons. The van der Waals surface area contributed by atoms with Crippen molar-refractivity contribution in [3.05, 3.63) is 59.7 Å². The summed E-state index contributed by atoms with van der Waals surface area (Å²) >= 11 is 1.31. The maximum absolute atomic E-state index is 12.0. The summed E-state index contributed by atoms with van der Waals surface area (Å²) in [6.45, 7) is -0.529. The van der Waals surface area contributed by atoms with Crippen molar-refractivity contribution in [2.75, 3.05) is 17.7 Å². The van der Waals surface area contributed by atoms with Crippen LogP contribution in [0, 0.1) is 11.3 Å². The van der Waals surface area contributed by atoms with Gasteiger partial charge in [0, 0.05) is 4.90 Å². The Bertz CT molecular complexity index is 784. The van der Waals surface area contributed by atoms with Gasteiger partial charge in [0.1, 0.15) is 0 Å². The average Bonchev–Trinajstić information content (AvgIpc) is 2.65. The van der Waals surface area contributed by atoms with E-state index in [1.54, 1.807) is 30.3 Å². The van der Waals surface area contributed by atoms with Gasteiger partial charge in [-0.25, -0.2) is 4.79 Å². The largest absolute Gasteiger partial charge is 0.452 e. The Morgan fingerprint density at radius 3 is 2.56 bits per heavy atom. The van der Waals surface area contributed by atoms with E-state index in [1.165, 1.54) is 23.9 Å². The summed E-state index contributed by atoms with van der Waals surface area (Å²) in [5, 5.41) is 20.3. The molecule has 0 aliphatic heterocycles. The van der Waals surface area contributed by atoms with Crippen molar-refractivity contribution < 1.29 is 19.4 Å². The number of hydrogen-bond donors (Lipinski definition) is 2. The maximum atomic E-state index is 12.0. The second-order valence-electron chi connectivity index (χ2n) is 4.92. The Balaban J connectivity index is 1.90. The van der Waals surface area contributed by atoms with Gasteiger partial charge in [0.2, 0.25) is 0 Å². The van der Waals surface area contributed by atoms with Gasteiger partial charge < -0.3 is 15.2 Å². The number of hydrogen-bond acceptors (Lipinski definition) is 6. The summed E-state index contributed by atoms with van der Waals surface area (Å²) in [6, 6.07) is 15.4. The fourth-order valence-corrected chi connectivity index (χ4v) is 2.62. The Kier molecular flexibility index (Phi) is 7.01. The van der Waals surface area contributed by atoms with E-state index >= 15 is 0 Å². The number of para-hydroxylation sites is 1. The molecule has 7 heteroatoms. The van der Waals surface area contributed by atoms with Crippen molar-refractivity contribution >= 4 is 29.3 Å². The van der Waals surface area contributed by atoms with Gasteiger partial charge >= 0.3 is 5.97 Å². The molecule has 0 spiro atoms. The first kappa shape index (κ1) is 18.5. The van der Waals surface area contributed by atoms with E-state index in [2.05, 4.69) is 5.32 Å². The van der Waals surface area contributed by atoms with E-state index in [4.69, 9.17) is 15.1 Å². The lowest BCUT2D eigenvalue weighted by molar-refractivity contribution is -0.119. The third-order valence-electron chi connectivity index (χ3n) is 3.16. The van der Waals surface area contributed by atoms with Crippen molar-refractivity contribution in [2.45, 2.75) is 11.5 Å². The number of ether oxygens (including phenoxy) is 1. The second-order valence-corrected chi connectivity index (χ2v) is 5.94. The zero-order valence-corrected chi connectivity index (χ0v) is 14.1. The number of esters is 1. The molecule has 1 amide bonds. The van der Waals surface area contributed by atoms with Crippen LogP contribution in [-0.2, 0) is 16.1 Å². The predicted octanol–water partition coefficient (Wildman–Crippen LogP) is 2.59. The molecule has 2 aromatic rings. The number of nitrogens with one attached hydrogen (secondary N) is 1. The van der Waals surface area contributed by atoms with Crippen LogP contribution in [0.3, 0.4) is 0 Å². The highest BCUT2D eigenvalue weighted by Crippen LogP contribution is 2.26. The minimum atomic E-state index is -0.619. The molecular weight excluding hydrogens is 340 g/mol. The highest BCUT2D eigenvalue weighted by molar-refractivity contribution is 7.99. The van der Waals surface area contributed by atoms with Gasteiger partial charge in [0.25, 0.3) is 5.91 Å². The second kappa shape index (κ2) is 9.47. The number of carbonyl (C=O) groups is 2. The molecule has 0 aliphatic rings. The van der Waals surface area contributed by atoms with Gasteiger partial charge in [0.05, 0.1) is 29.7 Å². The van der Waals surface area contributed by atoms with Crippen molar-refractivity contribution in [1.29, 1.82) is 5.26 Å². The van der Waals surface area contributed by atoms with Crippen molar-refractivity contribution in [3.63, 3.8) is 0 Å². The number of aliphatic hydroxyl groups excluding tert-OH is 1. The van der Waals surface area contributed by atoms with E-state index in [1.807, 2.05) is 12.1 Å². The molecule has 0 fully saturated rings. The third-order valence-corrected chi connectivity index (χ3v) is 4.10. The van der Waals surface area contributed by atoms with Crippen LogP contribution in [-0.4, -0.2) is 29.3 Å². The lowest BCUT2D eigenvalue weighted by Crippen LogP contribution is -2.21. The number of nitrogens with zero attached hydrogens (tertiary/aromatic N) is 1. The van der Waals surface area contributed by atoms with Gasteiger partial charge in [-0.3, -0.25) is 4.79 Å². The molecule has 0 aliphatic carbocycles. The summed E-state index contributed by atoms with van der Waals surface area (Å²) < 4.78 is 4.98. The zero-order valence-electron chi connectivity index (χ0n) is 13.3. The first-order chi connectivity index (χ1) is 12.1. The lowest BCUT2D eigenvalue weighted by atomic mass is 10.1. The van der Waals surface area contributed by atoms with Crippen molar-refractivity contribution in [2.24, 2.45) is 0 Å². The fraction of sp³-hybridized carbons (Fsp3) is 0.167. The number of nitriles is 1. The fourth-order valence-electron chi connectivity index (χ4n) is 1.95. The zero-order chi connectivity index (χ0) is 18.1. The monoisotopic (exact) mass is 356 g/mol. The molecular formula is C18H16N2O4S. The normalized spacial score (nSPS) is 9.92. The smallest absolute Gasteiger partial charge is 0.338 e. The molecule has 2 N–H and O–H groups in total. The molecule has 2 rings (SSSR count). The molecule has 0 atom stereocenters. The lowest BCUT2D eigenvalue weighted by Gasteiger charge is -2.10. The number of carbonyl (C=O) groups excluding carboxylic acids is 2. The van der Waals surface area contributed by atoms with Crippen LogP contribution in [0.1, 0.15) is 15.9 Å². The van der Waals surface area contributed by atoms with Gasteiger partial charge in [-0.15, -0.1) is 11.8 Å². The molecule has 0 saturated carbocycles. The number of aliphatic hydroxyl groups is 1. The average molecular weight is 356 g/mol. The van der Waals surface area contributed by atoms with Crippen LogP contribution in [0.2, 0.25) is 0 Å². The van der Waals surface area contributed by atoms with E-state index < -0.39 is 18.5 Å². The Labute approximate surface area is 149 Å². The van der Waals surface area contributed by atoms with Gasteiger partial charge in [-0.1, -0.05) is 24.3 Å². The van der Waals surface area contributed by atoms with Gasteiger partial charge in [-0.2, -0.15) is 5.26 Å². The predicted molar refractivity (Wildman–Crippen MR) is 94.1 cm³/mol. The minimum absolute atomic E-state index is 0.110. The van der Waals surface area contributed by atoms with Gasteiger partial charge in [-0.05, 0) is 29.8 Å². The van der Waals surface area contributed by atoms with Crippen LogP contribution in [0.4, 0.5) is 5.69 Å². The molecule has 6 nitrogen and oxygen atoms in total. The third kappa shape index (κ3) is 5.64. The number of amides is 1. The number of benzene rings is 2. The SMILES string of the molecule is N#CCSc1ccccc1NC(=O)COC(=O)c1ccc(CO)cc1. The van der Waals surface area contributed by atoms with E-state index in [0.717, 1.165) is 4.90 Å². The highest BCUT2D eigenvalue weighted by Gasteiger charge is 2.12. The van der Waals surface area contributed by atoms with Crippen LogP contribution < -0.4 is 5.32 Å². The number of thioether (sulfide) groups is 1. The summed E-state index contributed by atoms with van der Waals surface area (Å²) in [5.74, 6) is -0.816. The van der Waals surface area contributed by atoms with Crippen molar-refractivity contribution in [3.8, 4) is 6.07 Å². The maximum Gasteiger partial charge on any atom is 0.338 e. The minimum Gasteiger partial charge on any atom is -0.452 e. The van der Waals surface area contributed by atoms with Crippen molar-refractivity contribution in [1.82, 2.24) is 0 Å². The van der Waals surface area contributed by atoms with E-state index in [0.29, 0.717) is 16.8 Å². The Hall–Kier alpha value is -2.82. The summed E-state index contributed by atoms with van der Waals surface area (Å²) in [6.07, 6.45) is 0. The molecule has 0 heterocycles. The number of rotatable bonds is 7. The highest BCUT2D eigenvalue weighted by atomic mass is 32.2. The topological polar surface area (TPSA) is 99.4 Å². The van der Waals surface area contributed by atoms with Crippen LogP contribution >= 0.6 is 11.8 Å².